The summed E-state index contributed by atoms with van der Waals surface area (Å²) in [7, 11) is 0. The molecular formula is C13H9NO4. The summed E-state index contributed by atoms with van der Waals surface area (Å²) in [6.45, 7) is 0. The van der Waals surface area contributed by atoms with Crippen molar-refractivity contribution in [3.63, 3.8) is 0 Å². The number of pyridine rings is 1. The standard InChI is InChI=1S/C13H9NO4/c15-12(16)9-5-8(6-10(7-9)13(17)18)11-3-1-2-4-14-11/h1-7H,(H,15,16)(H,17,18). The Morgan fingerprint density at radius 1 is 0.944 bits per heavy atom. The first-order valence-corrected chi connectivity index (χ1v) is 5.11. The van der Waals surface area contributed by atoms with Gasteiger partial charge in [-0.3, -0.25) is 4.98 Å². The van der Waals surface area contributed by atoms with E-state index in [9.17, 15) is 9.59 Å². The van der Waals surface area contributed by atoms with E-state index in [1.165, 1.54) is 12.1 Å². The maximum atomic E-state index is 10.9. The number of carboxylic acids is 2. The molecule has 0 amide bonds. The minimum absolute atomic E-state index is 0.0736. The van der Waals surface area contributed by atoms with Gasteiger partial charge in [-0.25, -0.2) is 9.59 Å². The van der Waals surface area contributed by atoms with E-state index in [-0.39, 0.29) is 11.1 Å². The van der Waals surface area contributed by atoms with Crippen LogP contribution in [0.15, 0.2) is 42.6 Å². The number of hydrogen-bond donors (Lipinski definition) is 2. The summed E-state index contributed by atoms with van der Waals surface area (Å²) in [5.41, 5.74) is 0.849. The van der Waals surface area contributed by atoms with Crippen LogP contribution in [0.4, 0.5) is 0 Å². The molecule has 0 bridgehead atoms. The Kier molecular flexibility index (Phi) is 3.05. The molecule has 18 heavy (non-hydrogen) atoms. The van der Waals surface area contributed by atoms with E-state index in [4.69, 9.17) is 10.2 Å². The highest BCUT2D eigenvalue weighted by molar-refractivity contribution is 5.95. The molecule has 1 heterocycles. The monoisotopic (exact) mass is 243 g/mol. The normalized spacial score (nSPS) is 10.0. The van der Waals surface area contributed by atoms with E-state index in [0.29, 0.717) is 11.3 Å². The number of aromatic nitrogens is 1. The van der Waals surface area contributed by atoms with Crippen LogP contribution in [0.3, 0.4) is 0 Å². The lowest BCUT2D eigenvalue weighted by Gasteiger charge is -2.04. The summed E-state index contributed by atoms with van der Waals surface area (Å²) in [5.74, 6) is -2.34. The van der Waals surface area contributed by atoms with Gasteiger partial charge in [0, 0.05) is 11.8 Å². The van der Waals surface area contributed by atoms with Crippen LogP contribution < -0.4 is 0 Å². The van der Waals surface area contributed by atoms with Crippen LogP contribution in [0.2, 0.25) is 0 Å². The SMILES string of the molecule is O=C(O)c1cc(C(=O)O)cc(-c2ccccn2)c1. The molecule has 0 saturated carbocycles. The first kappa shape index (κ1) is 11.8. The first-order chi connectivity index (χ1) is 8.58. The largest absolute Gasteiger partial charge is 0.478 e. The molecule has 1 aromatic carbocycles. The van der Waals surface area contributed by atoms with Crippen molar-refractivity contribution >= 4 is 11.9 Å². The van der Waals surface area contributed by atoms with Crippen molar-refractivity contribution in [2.75, 3.05) is 0 Å². The third-order valence-corrected chi connectivity index (χ3v) is 2.39. The van der Waals surface area contributed by atoms with Crippen molar-refractivity contribution in [2.45, 2.75) is 0 Å². The van der Waals surface area contributed by atoms with Crippen LogP contribution in [-0.4, -0.2) is 27.1 Å². The third kappa shape index (κ3) is 2.35. The lowest BCUT2D eigenvalue weighted by atomic mass is 10.0. The number of carboxylic acid groups (broad SMARTS) is 2. The number of nitrogens with zero attached hydrogens (tertiary/aromatic N) is 1. The van der Waals surface area contributed by atoms with E-state index < -0.39 is 11.9 Å². The molecule has 0 radical (unpaired) electrons. The fraction of sp³-hybridized carbons (Fsp3) is 0. The first-order valence-electron chi connectivity index (χ1n) is 5.11. The van der Waals surface area contributed by atoms with Crippen molar-refractivity contribution in [1.82, 2.24) is 4.98 Å². The van der Waals surface area contributed by atoms with Gasteiger partial charge in [-0.15, -0.1) is 0 Å². The van der Waals surface area contributed by atoms with E-state index >= 15 is 0 Å². The van der Waals surface area contributed by atoms with Crippen LogP contribution in [0.25, 0.3) is 11.3 Å². The highest BCUT2D eigenvalue weighted by atomic mass is 16.4. The van der Waals surface area contributed by atoms with E-state index in [1.807, 2.05) is 0 Å². The van der Waals surface area contributed by atoms with Gasteiger partial charge in [0.15, 0.2) is 0 Å². The van der Waals surface area contributed by atoms with E-state index in [2.05, 4.69) is 4.98 Å². The van der Waals surface area contributed by atoms with Crippen molar-refractivity contribution in [1.29, 1.82) is 0 Å². The maximum Gasteiger partial charge on any atom is 0.335 e. The summed E-state index contributed by atoms with van der Waals surface area (Å²) < 4.78 is 0. The molecule has 0 aliphatic heterocycles. The van der Waals surface area contributed by atoms with Gasteiger partial charge in [-0.05, 0) is 30.3 Å². The van der Waals surface area contributed by atoms with Crippen molar-refractivity contribution in [2.24, 2.45) is 0 Å². The van der Waals surface area contributed by atoms with Crippen LogP contribution in [0, 0.1) is 0 Å². The number of hydrogen-bond acceptors (Lipinski definition) is 3. The van der Waals surface area contributed by atoms with Crippen LogP contribution in [-0.2, 0) is 0 Å². The van der Waals surface area contributed by atoms with Gasteiger partial charge >= 0.3 is 11.9 Å². The van der Waals surface area contributed by atoms with Crippen molar-refractivity contribution < 1.29 is 19.8 Å². The average Bonchev–Trinajstić information content (AvgIpc) is 2.39. The number of rotatable bonds is 3. The quantitative estimate of drug-likeness (QED) is 0.862. The second-order valence-electron chi connectivity index (χ2n) is 3.62. The van der Waals surface area contributed by atoms with Crippen LogP contribution >= 0.6 is 0 Å². The second kappa shape index (κ2) is 4.67. The zero-order chi connectivity index (χ0) is 13.1. The lowest BCUT2D eigenvalue weighted by Crippen LogP contribution is -2.03. The van der Waals surface area contributed by atoms with Crippen molar-refractivity contribution in [3.8, 4) is 11.3 Å². The summed E-state index contributed by atoms with van der Waals surface area (Å²) in [6.07, 6.45) is 1.56. The third-order valence-electron chi connectivity index (χ3n) is 2.39. The van der Waals surface area contributed by atoms with Crippen LogP contribution in [0.5, 0.6) is 0 Å². The highest BCUT2D eigenvalue weighted by Crippen LogP contribution is 2.20. The molecule has 0 saturated heterocycles. The summed E-state index contributed by atoms with van der Waals surface area (Å²) in [4.78, 5) is 26.0. The van der Waals surface area contributed by atoms with Gasteiger partial charge < -0.3 is 10.2 Å². The van der Waals surface area contributed by atoms with E-state index in [0.717, 1.165) is 6.07 Å². The lowest BCUT2D eigenvalue weighted by molar-refractivity contribution is 0.0696. The minimum Gasteiger partial charge on any atom is -0.478 e. The number of carbonyl (C=O) groups is 2. The van der Waals surface area contributed by atoms with Crippen molar-refractivity contribution in [3.05, 3.63) is 53.7 Å². The summed E-state index contributed by atoms with van der Waals surface area (Å²) in [5, 5.41) is 17.9. The Hall–Kier alpha value is -2.69. The molecule has 90 valence electrons. The zero-order valence-electron chi connectivity index (χ0n) is 9.20. The molecular weight excluding hydrogens is 234 g/mol. The molecule has 2 aromatic rings. The Balaban J connectivity index is 2.61. The molecule has 0 unspecified atom stereocenters. The van der Waals surface area contributed by atoms with Gasteiger partial charge in [0.25, 0.3) is 0 Å². The smallest absolute Gasteiger partial charge is 0.335 e. The Labute approximate surface area is 102 Å². The molecule has 5 heteroatoms. The van der Waals surface area contributed by atoms with Gasteiger partial charge in [0.2, 0.25) is 0 Å². The Morgan fingerprint density at radius 3 is 2.00 bits per heavy atom. The zero-order valence-corrected chi connectivity index (χ0v) is 9.20. The molecule has 0 aliphatic carbocycles. The fourth-order valence-electron chi connectivity index (χ4n) is 1.56. The van der Waals surface area contributed by atoms with Gasteiger partial charge in [0.05, 0.1) is 16.8 Å². The molecule has 0 spiro atoms. The molecule has 0 atom stereocenters. The number of benzene rings is 1. The number of aromatic carboxylic acids is 2. The topological polar surface area (TPSA) is 87.5 Å². The van der Waals surface area contributed by atoms with Gasteiger partial charge in [0.1, 0.15) is 0 Å². The summed E-state index contributed by atoms with van der Waals surface area (Å²) >= 11 is 0. The molecule has 0 fully saturated rings. The summed E-state index contributed by atoms with van der Waals surface area (Å²) in [6, 6.07) is 9.08. The van der Waals surface area contributed by atoms with Gasteiger partial charge in [-0.2, -0.15) is 0 Å². The van der Waals surface area contributed by atoms with Crippen LogP contribution in [0.1, 0.15) is 20.7 Å². The molecule has 1 aromatic heterocycles. The van der Waals surface area contributed by atoms with E-state index in [1.54, 1.807) is 24.4 Å². The molecule has 2 rings (SSSR count). The Bertz CT molecular complexity index is 575. The Morgan fingerprint density at radius 2 is 1.56 bits per heavy atom. The highest BCUT2D eigenvalue weighted by Gasteiger charge is 2.12. The molecule has 0 aliphatic rings. The maximum absolute atomic E-state index is 10.9. The molecule has 2 N–H and O–H groups in total. The minimum atomic E-state index is -1.17. The predicted molar refractivity (Wildman–Crippen MR) is 63.6 cm³/mol. The fourth-order valence-corrected chi connectivity index (χ4v) is 1.56. The second-order valence-corrected chi connectivity index (χ2v) is 3.62. The predicted octanol–water partition coefficient (Wildman–Crippen LogP) is 2.15. The van der Waals surface area contributed by atoms with Gasteiger partial charge in [-0.1, -0.05) is 6.07 Å². The molecule has 5 nitrogen and oxygen atoms in total. The average molecular weight is 243 g/mol.